The first kappa shape index (κ1) is 40.6. The Kier molecular flexibility index (Phi) is 18.8. The second-order valence-electron chi connectivity index (χ2n) is 11.4. The maximum absolute atomic E-state index is 12.5. The van der Waals surface area contributed by atoms with Crippen molar-refractivity contribution in [3.63, 3.8) is 0 Å². The highest BCUT2D eigenvalue weighted by Gasteiger charge is 2.33. The van der Waals surface area contributed by atoms with Gasteiger partial charge in [0.05, 0.1) is 12.2 Å². The van der Waals surface area contributed by atoms with Crippen molar-refractivity contribution in [3.05, 3.63) is 106 Å². The van der Waals surface area contributed by atoms with Gasteiger partial charge in [-0.05, 0) is 122 Å². The number of fused-ring (bicyclic) bond motifs is 1. The number of benzene rings is 3. The quantitative estimate of drug-likeness (QED) is 0.184. The Morgan fingerprint density at radius 1 is 0.870 bits per heavy atom. The highest BCUT2D eigenvalue weighted by molar-refractivity contribution is 5.84. The van der Waals surface area contributed by atoms with E-state index in [0.717, 1.165) is 31.3 Å². The van der Waals surface area contributed by atoms with Gasteiger partial charge in [-0.2, -0.15) is 13.2 Å². The summed E-state index contributed by atoms with van der Waals surface area (Å²) in [5.74, 6) is 0.977. The summed E-state index contributed by atoms with van der Waals surface area (Å²) in [5, 5.41) is 1.30. The molecule has 0 saturated heterocycles. The van der Waals surface area contributed by atoms with Crippen LogP contribution in [0.5, 0.6) is 5.75 Å². The monoisotopic (exact) mass is 637 g/mol. The lowest BCUT2D eigenvalue weighted by molar-refractivity contribution is -0.138. The number of aromatic nitrogens is 1. The number of ether oxygens (including phenoxy) is 1. The summed E-state index contributed by atoms with van der Waals surface area (Å²) >= 11 is 0. The van der Waals surface area contributed by atoms with E-state index in [-0.39, 0.29) is 5.92 Å². The van der Waals surface area contributed by atoms with Gasteiger partial charge in [0.2, 0.25) is 0 Å². The molecule has 0 spiro atoms. The minimum absolute atomic E-state index is 0.0483. The molecule has 0 fully saturated rings. The second kappa shape index (κ2) is 21.3. The number of hydrogen-bond donors (Lipinski definition) is 1. The molecule has 0 aliphatic rings. The lowest BCUT2D eigenvalue weighted by atomic mass is 9.93. The largest absolute Gasteiger partial charge is 0.493 e. The van der Waals surface area contributed by atoms with Gasteiger partial charge in [-0.1, -0.05) is 96.9 Å². The molecule has 0 aliphatic heterocycles. The van der Waals surface area contributed by atoms with Crippen molar-refractivity contribution in [2.75, 3.05) is 6.61 Å². The van der Waals surface area contributed by atoms with Crippen molar-refractivity contribution in [3.8, 4) is 5.75 Å². The van der Waals surface area contributed by atoms with Crippen molar-refractivity contribution >= 4 is 16.5 Å². The third-order valence-electron chi connectivity index (χ3n) is 8.20. The number of aromatic amines is 1. The fourth-order valence-electron chi connectivity index (χ4n) is 5.01. The van der Waals surface area contributed by atoms with Crippen LogP contribution in [0.1, 0.15) is 128 Å². The van der Waals surface area contributed by atoms with Crippen molar-refractivity contribution in [1.29, 1.82) is 0 Å². The second-order valence-corrected chi connectivity index (χ2v) is 11.4. The summed E-state index contributed by atoms with van der Waals surface area (Å²) in [6, 6.07) is 20.8. The van der Waals surface area contributed by atoms with Gasteiger partial charge in [-0.15, -0.1) is 0 Å². The van der Waals surface area contributed by atoms with E-state index in [1.807, 2.05) is 46.0 Å². The van der Waals surface area contributed by atoms with Gasteiger partial charge in [0.1, 0.15) is 5.75 Å². The Morgan fingerprint density at radius 3 is 2.17 bits per heavy atom. The fraction of sp³-hybridized carbons (Fsp3) is 0.463. The van der Waals surface area contributed by atoms with Crippen LogP contribution in [-0.2, 0) is 6.18 Å². The van der Waals surface area contributed by atoms with E-state index in [1.165, 1.54) is 58.5 Å². The van der Waals surface area contributed by atoms with Gasteiger partial charge in [0.25, 0.3) is 0 Å². The Morgan fingerprint density at radius 2 is 1.57 bits per heavy atom. The zero-order chi connectivity index (χ0) is 34.7. The number of hydrogen-bond acceptors (Lipinski definition) is 1. The van der Waals surface area contributed by atoms with E-state index in [1.54, 1.807) is 17.7 Å². The molecule has 0 aliphatic carbocycles. The van der Waals surface area contributed by atoms with E-state index in [4.69, 9.17) is 4.74 Å². The SMILES string of the molecule is CC.CCC(C)c1ccccc1C(F)(F)F.CCCC/C(CC)=C(\C)c1ccc2[nH]ccc2c1.CCCOc1cccc(C)c1C. The molecule has 1 unspecified atom stereocenters. The Hall–Kier alpha value is -3.47. The number of aryl methyl sites for hydroxylation is 1. The molecule has 0 bridgehead atoms. The molecule has 1 heterocycles. The Labute approximate surface area is 277 Å². The number of rotatable bonds is 10. The lowest BCUT2D eigenvalue weighted by Crippen LogP contribution is -2.10. The zero-order valence-corrected chi connectivity index (χ0v) is 30.0. The summed E-state index contributed by atoms with van der Waals surface area (Å²) < 4.78 is 43.2. The van der Waals surface area contributed by atoms with Crippen LogP contribution in [0.15, 0.2) is 78.5 Å². The molecular formula is C41H58F3NO. The summed E-state index contributed by atoms with van der Waals surface area (Å²) in [6.07, 6.45) is 4.52. The summed E-state index contributed by atoms with van der Waals surface area (Å²) in [4.78, 5) is 3.25. The van der Waals surface area contributed by atoms with Crippen molar-refractivity contribution in [2.45, 2.75) is 120 Å². The molecule has 0 saturated carbocycles. The lowest BCUT2D eigenvalue weighted by Gasteiger charge is -2.16. The molecule has 0 amide bonds. The van der Waals surface area contributed by atoms with Crippen LogP contribution in [0.3, 0.4) is 0 Å². The van der Waals surface area contributed by atoms with Gasteiger partial charge in [0.15, 0.2) is 0 Å². The third-order valence-corrected chi connectivity index (χ3v) is 8.20. The summed E-state index contributed by atoms with van der Waals surface area (Å²) in [5.41, 5.74) is 8.10. The highest BCUT2D eigenvalue weighted by Crippen LogP contribution is 2.35. The third kappa shape index (κ3) is 12.7. The molecule has 5 heteroatoms. The minimum atomic E-state index is -4.24. The van der Waals surface area contributed by atoms with Crippen LogP contribution in [0, 0.1) is 13.8 Å². The van der Waals surface area contributed by atoms with Gasteiger partial charge in [-0.25, -0.2) is 0 Å². The fourth-order valence-corrected chi connectivity index (χ4v) is 5.01. The molecule has 46 heavy (non-hydrogen) atoms. The standard InChI is InChI=1S/C17H23N.C11H13F3.C11H16O.C2H6/c1-4-6-7-14(5-2)13(3)15-8-9-17-16(12-15)10-11-18-17;1-3-8(2)9-6-4-5-7-10(9)11(12,13)14;1-4-8-12-11-7-5-6-9(2)10(11)3;1-2/h8-12,18H,4-7H2,1-3H3;4-8H,3H2,1-2H3;5-7H,4,8H2,1-3H3;1-2H3/b14-13+;;;. The predicted octanol–water partition coefficient (Wildman–Crippen LogP) is 13.9. The topological polar surface area (TPSA) is 25.0 Å². The van der Waals surface area contributed by atoms with Crippen molar-refractivity contribution in [1.82, 2.24) is 4.98 Å². The van der Waals surface area contributed by atoms with Crippen LogP contribution in [0.4, 0.5) is 13.2 Å². The maximum Gasteiger partial charge on any atom is 0.416 e. The first-order chi connectivity index (χ1) is 22.0. The molecule has 3 aromatic carbocycles. The first-order valence-corrected chi connectivity index (χ1v) is 17.1. The Balaban J connectivity index is 0.000000343. The maximum atomic E-state index is 12.5. The number of halogens is 3. The van der Waals surface area contributed by atoms with Gasteiger partial charge >= 0.3 is 6.18 Å². The summed E-state index contributed by atoms with van der Waals surface area (Å²) in [7, 11) is 0. The average Bonchev–Trinajstić information content (AvgIpc) is 3.55. The number of alkyl halides is 3. The van der Waals surface area contributed by atoms with E-state index in [9.17, 15) is 13.2 Å². The molecule has 4 aromatic rings. The molecule has 1 aromatic heterocycles. The highest BCUT2D eigenvalue weighted by atomic mass is 19.4. The number of nitrogens with one attached hydrogen (secondary N) is 1. The van der Waals surface area contributed by atoms with E-state index in [0.29, 0.717) is 12.0 Å². The van der Waals surface area contributed by atoms with E-state index in [2.05, 4.69) is 76.9 Å². The molecule has 2 nitrogen and oxygen atoms in total. The smallest absolute Gasteiger partial charge is 0.416 e. The van der Waals surface area contributed by atoms with E-state index < -0.39 is 11.7 Å². The van der Waals surface area contributed by atoms with Gasteiger partial charge < -0.3 is 9.72 Å². The average molecular weight is 638 g/mol. The van der Waals surface area contributed by atoms with Gasteiger partial charge in [-0.3, -0.25) is 0 Å². The predicted molar refractivity (Wildman–Crippen MR) is 194 cm³/mol. The van der Waals surface area contributed by atoms with Gasteiger partial charge in [0, 0.05) is 11.7 Å². The number of H-pyrrole nitrogens is 1. The molecule has 4 rings (SSSR count). The minimum Gasteiger partial charge on any atom is -0.493 e. The molecule has 1 N–H and O–H groups in total. The Bertz CT molecular complexity index is 1450. The normalized spacial score (nSPS) is 12.0. The number of unbranched alkanes of at least 4 members (excludes halogenated alkanes) is 1. The van der Waals surface area contributed by atoms with Crippen molar-refractivity contribution in [2.24, 2.45) is 0 Å². The molecule has 254 valence electrons. The van der Waals surface area contributed by atoms with Crippen LogP contribution < -0.4 is 4.74 Å². The van der Waals surface area contributed by atoms with Crippen LogP contribution >= 0.6 is 0 Å². The van der Waals surface area contributed by atoms with Crippen molar-refractivity contribution < 1.29 is 17.9 Å². The van der Waals surface area contributed by atoms with Crippen LogP contribution in [0.25, 0.3) is 16.5 Å². The number of allylic oxidation sites excluding steroid dienone is 2. The first-order valence-electron chi connectivity index (χ1n) is 17.1. The molecule has 1 atom stereocenters. The zero-order valence-electron chi connectivity index (χ0n) is 30.0. The molecule has 0 radical (unpaired) electrons. The molecular weight excluding hydrogens is 579 g/mol. The van der Waals surface area contributed by atoms with E-state index >= 15 is 0 Å². The van der Waals surface area contributed by atoms with Crippen LogP contribution in [0.2, 0.25) is 0 Å². The summed E-state index contributed by atoms with van der Waals surface area (Å²) in [6.45, 7) is 21.6. The van der Waals surface area contributed by atoms with Crippen LogP contribution in [-0.4, -0.2) is 11.6 Å².